The largest absolute Gasteiger partial charge is 0.416 e. The predicted molar refractivity (Wildman–Crippen MR) is 76.2 cm³/mol. The van der Waals surface area contributed by atoms with Gasteiger partial charge in [-0.3, -0.25) is 9.69 Å². The number of anilines is 1. The van der Waals surface area contributed by atoms with E-state index in [0.717, 1.165) is 55.9 Å². The van der Waals surface area contributed by atoms with E-state index in [4.69, 9.17) is 0 Å². The first kappa shape index (κ1) is 15.3. The predicted octanol–water partition coefficient (Wildman–Crippen LogP) is 1.79. The molecule has 1 aromatic carbocycles. The zero-order chi connectivity index (χ0) is 15.8. The summed E-state index contributed by atoms with van der Waals surface area (Å²) in [7, 11) is 0. The number of piperazine rings is 3. The Morgan fingerprint density at radius 1 is 1.09 bits per heavy atom. The Labute approximate surface area is 127 Å². The number of rotatable bonds is 3. The summed E-state index contributed by atoms with van der Waals surface area (Å²) in [5.74, 6) is -0.130. The Balaban J connectivity index is 1.60. The van der Waals surface area contributed by atoms with Gasteiger partial charge in [-0.1, -0.05) is 0 Å². The molecule has 120 valence electrons. The molecule has 2 bridgehead atoms. The van der Waals surface area contributed by atoms with E-state index in [1.54, 1.807) is 0 Å². The van der Waals surface area contributed by atoms with Crippen molar-refractivity contribution < 1.29 is 22.4 Å². The number of hydrogen-bond acceptors (Lipinski definition) is 2. The number of fused-ring (bicyclic) bond motifs is 3. The van der Waals surface area contributed by atoms with E-state index in [1.807, 2.05) is 0 Å². The van der Waals surface area contributed by atoms with Gasteiger partial charge in [-0.2, -0.15) is 13.2 Å². The zero-order valence-electron chi connectivity index (χ0n) is 12.2. The van der Waals surface area contributed by atoms with Crippen LogP contribution < -0.4 is 5.32 Å². The molecule has 0 atom stereocenters. The first-order valence-electron chi connectivity index (χ1n) is 7.41. The minimum atomic E-state index is -4.35. The van der Waals surface area contributed by atoms with Gasteiger partial charge >= 0.3 is 6.18 Å². The fourth-order valence-electron chi connectivity index (χ4n) is 3.22. The van der Waals surface area contributed by atoms with Crippen LogP contribution in [0.5, 0.6) is 0 Å². The van der Waals surface area contributed by atoms with Gasteiger partial charge < -0.3 is 9.80 Å². The van der Waals surface area contributed by atoms with Gasteiger partial charge in [0.05, 0.1) is 25.2 Å². The van der Waals surface area contributed by atoms with Crippen molar-refractivity contribution in [1.29, 1.82) is 0 Å². The highest BCUT2D eigenvalue weighted by Gasteiger charge is 2.39. The molecule has 1 amide bonds. The summed E-state index contributed by atoms with van der Waals surface area (Å²) in [5.41, 5.74) is -0.300. The molecule has 22 heavy (non-hydrogen) atoms. The van der Waals surface area contributed by atoms with Crippen molar-refractivity contribution in [3.8, 4) is 0 Å². The molecule has 3 aliphatic rings. The molecule has 0 spiro atoms. The standard InChI is InChI=1S/C15H18F3N3O/c16-15(17,18)12-1-3-13(4-2-12)19-14(22)11-21-8-5-20(6-9-21)7-10-21/h1-4H,5-11H2/p+1. The number of benzene rings is 1. The van der Waals surface area contributed by atoms with Crippen LogP contribution in [0.2, 0.25) is 0 Å². The monoisotopic (exact) mass is 314 g/mol. The van der Waals surface area contributed by atoms with Gasteiger partial charge in [0.2, 0.25) is 0 Å². The number of carbonyl (C=O) groups excluding carboxylic acids is 1. The van der Waals surface area contributed by atoms with Crippen LogP contribution in [0, 0.1) is 0 Å². The molecule has 3 saturated heterocycles. The molecular weight excluding hydrogens is 295 g/mol. The van der Waals surface area contributed by atoms with Crippen LogP contribution >= 0.6 is 0 Å². The lowest BCUT2D eigenvalue weighted by molar-refractivity contribution is -0.933. The fraction of sp³-hybridized carbons (Fsp3) is 0.533. The Kier molecular flexibility index (Phi) is 3.86. The van der Waals surface area contributed by atoms with Crippen molar-refractivity contribution in [2.45, 2.75) is 6.18 Å². The number of hydrogen-bond donors (Lipinski definition) is 1. The van der Waals surface area contributed by atoms with Crippen molar-refractivity contribution >= 4 is 11.6 Å². The van der Waals surface area contributed by atoms with Crippen molar-refractivity contribution in [1.82, 2.24) is 4.90 Å². The number of nitrogens with one attached hydrogen (secondary N) is 1. The quantitative estimate of drug-likeness (QED) is 0.863. The first-order chi connectivity index (χ1) is 10.4. The molecule has 0 saturated carbocycles. The average Bonchev–Trinajstić information content (AvgIpc) is 2.48. The fourth-order valence-corrected chi connectivity index (χ4v) is 3.22. The summed E-state index contributed by atoms with van der Waals surface area (Å²) in [5, 5.41) is 2.71. The van der Waals surface area contributed by atoms with Gasteiger partial charge in [0.15, 0.2) is 6.54 Å². The number of nitrogens with zero attached hydrogens (tertiary/aromatic N) is 2. The molecular formula is C15H19F3N3O+. The van der Waals surface area contributed by atoms with E-state index >= 15 is 0 Å². The second-order valence-electron chi connectivity index (χ2n) is 6.14. The van der Waals surface area contributed by atoms with Gasteiger partial charge in [-0.25, -0.2) is 0 Å². The number of carbonyl (C=O) groups is 1. The molecule has 1 N–H and O–H groups in total. The summed E-state index contributed by atoms with van der Waals surface area (Å²) < 4.78 is 38.3. The van der Waals surface area contributed by atoms with Crippen LogP contribution in [-0.2, 0) is 11.0 Å². The average molecular weight is 314 g/mol. The number of amides is 1. The summed E-state index contributed by atoms with van der Waals surface area (Å²) in [6.07, 6.45) is -4.35. The third-order valence-electron chi connectivity index (χ3n) is 4.65. The second-order valence-corrected chi connectivity index (χ2v) is 6.14. The smallest absolute Gasteiger partial charge is 0.321 e. The molecule has 4 rings (SSSR count). The summed E-state index contributed by atoms with van der Waals surface area (Å²) in [6, 6.07) is 4.58. The molecule has 3 heterocycles. The van der Waals surface area contributed by atoms with Crippen molar-refractivity contribution in [2.24, 2.45) is 0 Å². The zero-order valence-corrected chi connectivity index (χ0v) is 12.2. The highest BCUT2D eigenvalue weighted by molar-refractivity contribution is 5.91. The van der Waals surface area contributed by atoms with Crippen LogP contribution in [0.3, 0.4) is 0 Å². The summed E-state index contributed by atoms with van der Waals surface area (Å²) in [4.78, 5) is 14.6. The summed E-state index contributed by atoms with van der Waals surface area (Å²) >= 11 is 0. The van der Waals surface area contributed by atoms with E-state index in [-0.39, 0.29) is 5.91 Å². The highest BCUT2D eigenvalue weighted by atomic mass is 19.4. The topological polar surface area (TPSA) is 32.3 Å². The van der Waals surface area contributed by atoms with Crippen LogP contribution in [0.1, 0.15) is 5.56 Å². The van der Waals surface area contributed by atoms with E-state index in [1.165, 1.54) is 12.1 Å². The summed E-state index contributed by atoms with van der Waals surface area (Å²) in [6.45, 7) is 6.38. The number of halogens is 3. The highest BCUT2D eigenvalue weighted by Crippen LogP contribution is 2.29. The van der Waals surface area contributed by atoms with Crippen LogP contribution in [0.15, 0.2) is 24.3 Å². The molecule has 7 heteroatoms. The van der Waals surface area contributed by atoms with E-state index < -0.39 is 11.7 Å². The van der Waals surface area contributed by atoms with Gasteiger partial charge in [0.25, 0.3) is 5.91 Å². The molecule has 0 unspecified atom stereocenters. The Bertz CT molecular complexity index is 534. The van der Waals surface area contributed by atoms with Crippen molar-refractivity contribution in [2.75, 3.05) is 51.1 Å². The van der Waals surface area contributed by atoms with Gasteiger partial charge in [-0.15, -0.1) is 0 Å². The molecule has 4 nitrogen and oxygen atoms in total. The van der Waals surface area contributed by atoms with E-state index in [0.29, 0.717) is 12.2 Å². The lowest BCUT2D eigenvalue weighted by Gasteiger charge is -2.50. The number of quaternary nitrogens is 1. The molecule has 3 aliphatic heterocycles. The van der Waals surface area contributed by atoms with Crippen LogP contribution in [0.4, 0.5) is 18.9 Å². The van der Waals surface area contributed by atoms with Crippen molar-refractivity contribution in [3.05, 3.63) is 29.8 Å². The maximum absolute atomic E-state index is 12.5. The Hall–Kier alpha value is -1.60. The van der Waals surface area contributed by atoms with E-state index in [9.17, 15) is 18.0 Å². The Morgan fingerprint density at radius 2 is 1.64 bits per heavy atom. The minimum Gasteiger partial charge on any atom is -0.321 e. The Morgan fingerprint density at radius 3 is 2.14 bits per heavy atom. The van der Waals surface area contributed by atoms with Crippen LogP contribution in [0.25, 0.3) is 0 Å². The molecule has 1 aromatic rings. The second kappa shape index (κ2) is 5.55. The number of alkyl halides is 3. The van der Waals surface area contributed by atoms with Gasteiger partial charge in [0.1, 0.15) is 0 Å². The van der Waals surface area contributed by atoms with Crippen LogP contribution in [-0.4, -0.2) is 61.1 Å². The molecule has 0 aliphatic carbocycles. The SMILES string of the molecule is O=C(C[N+]12CCN(CC1)CC2)Nc1ccc(C(F)(F)F)cc1. The van der Waals surface area contributed by atoms with Crippen molar-refractivity contribution in [3.63, 3.8) is 0 Å². The first-order valence-corrected chi connectivity index (χ1v) is 7.41. The maximum Gasteiger partial charge on any atom is 0.416 e. The minimum absolute atomic E-state index is 0.130. The molecule has 0 radical (unpaired) electrons. The lowest BCUT2D eigenvalue weighted by Crippen LogP contribution is -2.68. The third-order valence-corrected chi connectivity index (χ3v) is 4.65. The van der Waals surface area contributed by atoms with Gasteiger partial charge in [-0.05, 0) is 24.3 Å². The maximum atomic E-state index is 12.5. The van der Waals surface area contributed by atoms with Gasteiger partial charge in [0, 0.05) is 25.3 Å². The molecule has 0 aromatic heterocycles. The normalized spacial score (nSPS) is 27.7. The van der Waals surface area contributed by atoms with E-state index in [2.05, 4.69) is 10.2 Å². The third kappa shape index (κ3) is 3.25. The molecule has 3 fully saturated rings. The lowest BCUT2D eigenvalue weighted by atomic mass is 10.1.